The zero-order valence-electron chi connectivity index (χ0n) is 13.3. The third kappa shape index (κ3) is 3.50. The van der Waals surface area contributed by atoms with Gasteiger partial charge in [-0.15, -0.1) is 0 Å². The maximum Gasteiger partial charge on any atom is 0.338 e. The molecule has 1 N–H and O–H groups in total. The quantitative estimate of drug-likeness (QED) is 0.665. The lowest BCUT2D eigenvalue weighted by Gasteiger charge is -2.33. The highest BCUT2D eigenvalue weighted by Gasteiger charge is 2.36. The highest BCUT2D eigenvalue weighted by atomic mass is 19.1. The number of hydrogen-bond acceptors (Lipinski definition) is 4. The van der Waals surface area contributed by atoms with Crippen molar-refractivity contribution in [1.29, 1.82) is 0 Å². The van der Waals surface area contributed by atoms with Crippen LogP contribution in [0, 0.1) is 5.82 Å². The van der Waals surface area contributed by atoms with E-state index in [9.17, 15) is 14.0 Å². The Morgan fingerprint density at radius 2 is 2.04 bits per heavy atom. The highest BCUT2D eigenvalue weighted by molar-refractivity contribution is 5.95. The highest BCUT2D eigenvalue weighted by Crippen LogP contribution is 2.31. The van der Waals surface area contributed by atoms with Crippen molar-refractivity contribution in [2.24, 2.45) is 0 Å². The topological polar surface area (TPSA) is 67.9 Å². The van der Waals surface area contributed by atoms with E-state index in [1.807, 2.05) is 0 Å². The molecule has 23 heavy (non-hydrogen) atoms. The lowest BCUT2D eigenvalue weighted by Crippen LogP contribution is -2.46. The summed E-state index contributed by atoms with van der Waals surface area (Å²) in [6.07, 6.45) is 0. The number of nitrogens with zero attached hydrogens (tertiary/aromatic N) is 1. The molecule has 6 nitrogen and oxygen atoms in total. The monoisotopic (exact) mass is 322 g/mol. The van der Waals surface area contributed by atoms with Gasteiger partial charge in [-0.2, -0.15) is 0 Å². The van der Waals surface area contributed by atoms with Gasteiger partial charge in [-0.25, -0.2) is 14.0 Å². The summed E-state index contributed by atoms with van der Waals surface area (Å²) >= 11 is 0. The minimum absolute atomic E-state index is 0.0771. The largest absolute Gasteiger partial charge is 0.460 e. The second kappa shape index (κ2) is 7.23. The van der Waals surface area contributed by atoms with Crippen molar-refractivity contribution in [3.63, 3.8) is 0 Å². The molecule has 1 aromatic rings. The van der Waals surface area contributed by atoms with Gasteiger partial charge in [0.1, 0.15) is 12.4 Å². The van der Waals surface area contributed by atoms with Crippen LogP contribution in [0.2, 0.25) is 0 Å². The van der Waals surface area contributed by atoms with E-state index in [0.717, 1.165) is 0 Å². The standard InChI is InChI=1S/C16H19FN2O4/c1-10-13(15(20)23-9-8-22-3)14(18-16(21)19(10)2)11-6-4-5-7-12(11)17/h4-7,14H,8-9H2,1-3H3,(H,18,21)/t14-/m1/s1. The Hall–Kier alpha value is -2.41. The van der Waals surface area contributed by atoms with E-state index in [4.69, 9.17) is 9.47 Å². The molecular weight excluding hydrogens is 303 g/mol. The van der Waals surface area contributed by atoms with Crippen molar-refractivity contribution in [2.45, 2.75) is 13.0 Å². The number of esters is 1. The Morgan fingerprint density at radius 1 is 1.35 bits per heavy atom. The molecule has 0 bridgehead atoms. The lowest BCUT2D eigenvalue weighted by molar-refractivity contribution is -0.140. The number of carbonyl (C=O) groups is 2. The molecule has 0 aliphatic carbocycles. The Labute approximate surface area is 133 Å². The molecule has 2 rings (SSSR count). The summed E-state index contributed by atoms with van der Waals surface area (Å²) in [4.78, 5) is 25.7. The maximum atomic E-state index is 14.1. The van der Waals surface area contributed by atoms with Gasteiger partial charge in [0.05, 0.1) is 18.2 Å². The van der Waals surface area contributed by atoms with Crippen LogP contribution >= 0.6 is 0 Å². The van der Waals surface area contributed by atoms with E-state index < -0.39 is 23.9 Å². The van der Waals surface area contributed by atoms with Crippen molar-refractivity contribution in [1.82, 2.24) is 10.2 Å². The van der Waals surface area contributed by atoms with Gasteiger partial charge < -0.3 is 19.7 Å². The lowest BCUT2D eigenvalue weighted by atomic mass is 9.94. The molecule has 1 aliphatic heterocycles. The zero-order valence-corrected chi connectivity index (χ0v) is 13.3. The van der Waals surface area contributed by atoms with Crippen LogP contribution in [0.5, 0.6) is 0 Å². The summed E-state index contributed by atoms with van der Waals surface area (Å²) in [6, 6.07) is 4.69. The minimum Gasteiger partial charge on any atom is -0.460 e. The second-order valence-electron chi connectivity index (χ2n) is 5.09. The zero-order chi connectivity index (χ0) is 17.0. The Kier molecular flexibility index (Phi) is 5.33. The average molecular weight is 322 g/mol. The van der Waals surface area contributed by atoms with Crippen molar-refractivity contribution >= 4 is 12.0 Å². The number of carbonyl (C=O) groups excluding carboxylic acids is 2. The van der Waals surface area contributed by atoms with E-state index in [1.165, 1.54) is 31.2 Å². The van der Waals surface area contributed by atoms with E-state index in [1.54, 1.807) is 19.1 Å². The van der Waals surface area contributed by atoms with Gasteiger partial charge >= 0.3 is 12.0 Å². The van der Waals surface area contributed by atoms with Crippen LogP contribution in [-0.2, 0) is 14.3 Å². The first kappa shape index (κ1) is 17.0. The molecule has 0 unspecified atom stereocenters. The fraction of sp³-hybridized carbons (Fsp3) is 0.375. The van der Waals surface area contributed by atoms with Gasteiger partial charge in [-0.1, -0.05) is 18.2 Å². The first-order chi connectivity index (χ1) is 11.0. The summed E-state index contributed by atoms with van der Waals surface area (Å²) in [5.41, 5.74) is 0.838. The molecule has 0 saturated carbocycles. The third-order valence-corrected chi connectivity index (χ3v) is 3.71. The molecule has 124 valence electrons. The van der Waals surface area contributed by atoms with Crippen LogP contribution < -0.4 is 5.32 Å². The van der Waals surface area contributed by atoms with E-state index in [0.29, 0.717) is 5.70 Å². The van der Waals surface area contributed by atoms with Crippen LogP contribution in [0.4, 0.5) is 9.18 Å². The van der Waals surface area contributed by atoms with Crippen molar-refractivity contribution in [2.75, 3.05) is 27.4 Å². The minimum atomic E-state index is -0.894. The number of nitrogens with one attached hydrogen (secondary N) is 1. The molecule has 1 heterocycles. The molecule has 1 aliphatic rings. The molecule has 0 saturated heterocycles. The average Bonchev–Trinajstić information content (AvgIpc) is 2.53. The molecule has 0 spiro atoms. The normalized spacial score (nSPS) is 18.0. The molecule has 1 aromatic carbocycles. The number of benzene rings is 1. The van der Waals surface area contributed by atoms with Gasteiger partial charge in [0, 0.05) is 25.4 Å². The molecule has 7 heteroatoms. The summed E-state index contributed by atoms with van der Waals surface area (Å²) in [5, 5.41) is 2.63. The van der Waals surface area contributed by atoms with E-state index in [-0.39, 0.29) is 24.4 Å². The molecular formula is C16H19FN2O4. The Morgan fingerprint density at radius 3 is 2.70 bits per heavy atom. The number of halogens is 1. The third-order valence-electron chi connectivity index (χ3n) is 3.71. The Bertz CT molecular complexity index is 645. The summed E-state index contributed by atoms with van der Waals surface area (Å²) < 4.78 is 24.1. The van der Waals surface area contributed by atoms with Crippen LogP contribution in [-0.4, -0.2) is 44.3 Å². The van der Waals surface area contributed by atoms with E-state index in [2.05, 4.69) is 5.32 Å². The maximum absolute atomic E-state index is 14.1. The van der Waals surface area contributed by atoms with Crippen molar-refractivity contribution < 1.29 is 23.5 Å². The number of amides is 2. The van der Waals surface area contributed by atoms with Gasteiger partial charge in [0.25, 0.3) is 0 Å². The number of hydrogen-bond donors (Lipinski definition) is 1. The van der Waals surface area contributed by atoms with Crippen LogP contribution in [0.15, 0.2) is 35.5 Å². The summed E-state index contributed by atoms with van der Waals surface area (Å²) in [7, 11) is 3.03. The van der Waals surface area contributed by atoms with Crippen molar-refractivity contribution in [3.8, 4) is 0 Å². The number of urea groups is 1. The van der Waals surface area contributed by atoms with Gasteiger partial charge in [0.15, 0.2) is 0 Å². The fourth-order valence-corrected chi connectivity index (χ4v) is 2.34. The van der Waals surface area contributed by atoms with Crippen LogP contribution in [0.25, 0.3) is 0 Å². The number of allylic oxidation sites excluding steroid dienone is 1. The first-order valence-corrected chi connectivity index (χ1v) is 7.12. The molecule has 0 fully saturated rings. The molecule has 0 radical (unpaired) electrons. The molecule has 1 atom stereocenters. The van der Waals surface area contributed by atoms with Crippen LogP contribution in [0.1, 0.15) is 18.5 Å². The predicted octanol–water partition coefficient (Wildman–Crippen LogP) is 1.99. The molecule has 2 amide bonds. The van der Waals surface area contributed by atoms with E-state index >= 15 is 0 Å². The molecule has 0 aromatic heterocycles. The summed E-state index contributed by atoms with van der Waals surface area (Å²) in [5.74, 6) is -1.11. The summed E-state index contributed by atoms with van der Waals surface area (Å²) in [6.45, 7) is 1.96. The number of methoxy groups -OCH3 is 1. The predicted molar refractivity (Wildman–Crippen MR) is 81.0 cm³/mol. The van der Waals surface area contributed by atoms with Gasteiger partial charge in [-0.3, -0.25) is 0 Å². The fourth-order valence-electron chi connectivity index (χ4n) is 2.34. The second-order valence-corrected chi connectivity index (χ2v) is 5.09. The van der Waals surface area contributed by atoms with Crippen LogP contribution in [0.3, 0.4) is 0 Å². The Balaban J connectivity index is 2.40. The number of rotatable bonds is 5. The smallest absolute Gasteiger partial charge is 0.338 e. The first-order valence-electron chi connectivity index (χ1n) is 7.12. The van der Waals surface area contributed by atoms with Crippen molar-refractivity contribution in [3.05, 3.63) is 46.9 Å². The SMILES string of the molecule is COCCOC(=O)C1=C(C)N(C)C(=O)N[C@@H]1c1ccccc1F. The number of ether oxygens (including phenoxy) is 2. The van der Waals surface area contributed by atoms with Gasteiger partial charge in [0.2, 0.25) is 0 Å². The van der Waals surface area contributed by atoms with Gasteiger partial charge in [-0.05, 0) is 13.0 Å².